The van der Waals surface area contributed by atoms with E-state index in [4.69, 9.17) is 14.6 Å². The Hall–Kier alpha value is -1.59. The Labute approximate surface area is 106 Å². The number of hydrogen-bond acceptors (Lipinski definition) is 5. The van der Waals surface area contributed by atoms with E-state index in [1.54, 1.807) is 25.3 Å². The van der Waals surface area contributed by atoms with Gasteiger partial charge in [-0.05, 0) is 23.8 Å². The van der Waals surface area contributed by atoms with Crippen molar-refractivity contribution in [3.8, 4) is 5.75 Å². The topological polar surface area (TPSA) is 65.0 Å². The molecule has 100 valence electrons. The summed E-state index contributed by atoms with van der Waals surface area (Å²) in [5.41, 5.74) is 1.26. The first kappa shape index (κ1) is 14.5. The van der Waals surface area contributed by atoms with Crippen LogP contribution < -0.4 is 4.74 Å². The average Bonchev–Trinajstić information content (AvgIpc) is 2.38. The molecule has 1 rings (SSSR count). The van der Waals surface area contributed by atoms with E-state index in [2.05, 4.69) is 4.74 Å². The average molecular weight is 254 g/mol. The standard InChI is InChI=1S/C13H18O5/c1-16-9-10-6-11(13(15)17-2)8-12(7-10)18-5-3-4-14/h6-8,14H,3-5,9H2,1-2H3. The Kier molecular flexibility index (Phi) is 6.18. The summed E-state index contributed by atoms with van der Waals surface area (Å²) >= 11 is 0. The summed E-state index contributed by atoms with van der Waals surface area (Å²) in [5, 5.41) is 8.69. The van der Waals surface area contributed by atoms with Crippen molar-refractivity contribution in [1.82, 2.24) is 0 Å². The number of hydrogen-bond donors (Lipinski definition) is 1. The summed E-state index contributed by atoms with van der Waals surface area (Å²) in [7, 11) is 2.91. The predicted octanol–water partition coefficient (Wildman–Crippen LogP) is 1.38. The zero-order chi connectivity index (χ0) is 13.4. The minimum Gasteiger partial charge on any atom is -0.493 e. The molecule has 0 aromatic heterocycles. The number of methoxy groups -OCH3 is 2. The lowest BCUT2D eigenvalue weighted by Crippen LogP contribution is -2.05. The number of ether oxygens (including phenoxy) is 3. The summed E-state index contributed by atoms with van der Waals surface area (Å²) in [5.74, 6) is 0.151. The van der Waals surface area contributed by atoms with Crippen LogP contribution in [0, 0.1) is 0 Å². The SMILES string of the molecule is COCc1cc(OCCCO)cc(C(=O)OC)c1. The number of aliphatic hydroxyl groups is 1. The van der Waals surface area contributed by atoms with E-state index in [-0.39, 0.29) is 6.61 Å². The molecule has 1 N–H and O–H groups in total. The Morgan fingerprint density at radius 3 is 2.67 bits per heavy atom. The van der Waals surface area contributed by atoms with Gasteiger partial charge in [0.15, 0.2) is 0 Å². The van der Waals surface area contributed by atoms with Crippen LogP contribution in [0.5, 0.6) is 5.75 Å². The highest BCUT2D eigenvalue weighted by Crippen LogP contribution is 2.19. The number of aliphatic hydroxyl groups excluding tert-OH is 1. The van der Waals surface area contributed by atoms with Crippen molar-refractivity contribution >= 4 is 5.97 Å². The molecule has 0 fully saturated rings. The number of carbonyl (C=O) groups excluding carboxylic acids is 1. The third kappa shape index (κ3) is 4.35. The molecule has 1 aromatic rings. The number of benzene rings is 1. The lowest BCUT2D eigenvalue weighted by molar-refractivity contribution is 0.0599. The monoisotopic (exact) mass is 254 g/mol. The smallest absolute Gasteiger partial charge is 0.337 e. The van der Waals surface area contributed by atoms with Gasteiger partial charge in [-0.3, -0.25) is 0 Å². The Morgan fingerprint density at radius 1 is 1.28 bits per heavy atom. The summed E-state index contributed by atoms with van der Waals surface area (Å²) in [6.07, 6.45) is 0.544. The third-order valence-electron chi connectivity index (χ3n) is 2.27. The fraction of sp³-hybridized carbons (Fsp3) is 0.462. The molecule has 0 saturated heterocycles. The number of esters is 1. The second kappa shape index (κ2) is 7.68. The molecule has 0 amide bonds. The first-order valence-electron chi connectivity index (χ1n) is 5.66. The van der Waals surface area contributed by atoms with Gasteiger partial charge in [-0.2, -0.15) is 0 Å². The van der Waals surface area contributed by atoms with Crippen LogP contribution >= 0.6 is 0 Å². The van der Waals surface area contributed by atoms with Gasteiger partial charge >= 0.3 is 5.97 Å². The third-order valence-corrected chi connectivity index (χ3v) is 2.27. The maximum atomic E-state index is 11.5. The molecule has 5 nitrogen and oxygen atoms in total. The minimum absolute atomic E-state index is 0.0711. The molecule has 0 aliphatic heterocycles. The van der Waals surface area contributed by atoms with Crippen LogP contribution in [0.3, 0.4) is 0 Å². The zero-order valence-corrected chi connectivity index (χ0v) is 10.6. The zero-order valence-electron chi connectivity index (χ0n) is 10.6. The van der Waals surface area contributed by atoms with Crippen molar-refractivity contribution in [3.63, 3.8) is 0 Å². The highest BCUT2D eigenvalue weighted by molar-refractivity contribution is 5.90. The van der Waals surface area contributed by atoms with Gasteiger partial charge in [0.2, 0.25) is 0 Å². The maximum absolute atomic E-state index is 11.5. The van der Waals surface area contributed by atoms with Crippen LogP contribution in [0.25, 0.3) is 0 Å². The fourth-order valence-corrected chi connectivity index (χ4v) is 1.48. The first-order valence-corrected chi connectivity index (χ1v) is 5.66. The fourth-order valence-electron chi connectivity index (χ4n) is 1.48. The van der Waals surface area contributed by atoms with Gasteiger partial charge in [-0.1, -0.05) is 0 Å². The largest absolute Gasteiger partial charge is 0.493 e. The highest BCUT2D eigenvalue weighted by atomic mass is 16.5. The highest BCUT2D eigenvalue weighted by Gasteiger charge is 2.09. The van der Waals surface area contributed by atoms with Crippen LogP contribution in [0.2, 0.25) is 0 Å². The van der Waals surface area contributed by atoms with Crippen LogP contribution in [0.15, 0.2) is 18.2 Å². The summed E-state index contributed by atoms with van der Waals surface area (Å²) < 4.78 is 15.1. The van der Waals surface area contributed by atoms with E-state index in [0.717, 1.165) is 5.56 Å². The number of rotatable bonds is 7. The Balaban J connectivity index is 2.87. The molecule has 18 heavy (non-hydrogen) atoms. The summed E-state index contributed by atoms with van der Waals surface area (Å²) in [6, 6.07) is 5.11. The van der Waals surface area contributed by atoms with E-state index < -0.39 is 5.97 Å². The molecule has 0 saturated carbocycles. The van der Waals surface area contributed by atoms with Crippen molar-refractivity contribution in [2.24, 2.45) is 0 Å². The molecule has 0 atom stereocenters. The van der Waals surface area contributed by atoms with E-state index in [1.807, 2.05) is 0 Å². The van der Waals surface area contributed by atoms with Crippen LogP contribution in [0.1, 0.15) is 22.3 Å². The molecule has 0 spiro atoms. The molecule has 0 radical (unpaired) electrons. The predicted molar refractivity (Wildman–Crippen MR) is 65.7 cm³/mol. The summed E-state index contributed by atoms with van der Waals surface area (Å²) in [6.45, 7) is 0.858. The van der Waals surface area contributed by atoms with Crippen molar-refractivity contribution in [2.45, 2.75) is 13.0 Å². The van der Waals surface area contributed by atoms with Crippen molar-refractivity contribution in [1.29, 1.82) is 0 Å². The van der Waals surface area contributed by atoms with Crippen molar-refractivity contribution in [2.75, 3.05) is 27.4 Å². The number of carbonyl (C=O) groups is 1. The molecular formula is C13H18O5. The van der Waals surface area contributed by atoms with Gasteiger partial charge in [0.05, 0.1) is 25.9 Å². The van der Waals surface area contributed by atoms with Gasteiger partial charge in [-0.25, -0.2) is 4.79 Å². The molecule has 0 aliphatic carbocycles. The van der Waals surface area contributed by atoms with Crippen LogP contribution in [0.4, 0.5) is 0 Å². The molecular weight excluding hydrogens is 236 g/mol. The quantitative estimate of drug-likeness (QED) is 0.588. The van der Waals surface area contributed by atoms with Crippen LogP contribution in [-0.2, 0) is 16.1 Å². The van der Waals surface area contributed by atoms with Gasteiger partial charge in [0.25, 0.3) is 0 Å². The lowest BCUT2D eigenvalue weighted by atomic mass is 10.1. The van der Waals surface area contributed by atoms with Gasteiger partial charge in [0, 0.05) is 20.1 Å². The normalized spacial score (nSPS) is 10.2. The molecule has 0 bridgehead atoms. The second-order valence-electron chi connectivity index (χ2n) is 3.72. The second-order valence-corrected chi connectivity index (χ2v) is 3.72. The minimum atomic E-state index is -0.417. The van der Waals surface area contributed by atoms with Gasteiger partial charge in [-0.15, -0.1) is 0 Å². The van der Waals surface area contributed by atoms with Gasteiger partial charge in [0.1, 0.15) is 5.75 Å². The molecule has 1 aromatic carbocycles. The molecule has 0 heterocycles. The van der Waals surface area contributed by atoms with E-state index in [9.17, 15) is 4.79 Å². The summed E-state index contributed by atoms with van der Waals surface area (Å²) in [4.78, 5) is 11.5. The van der Waals surface area contributed by atoms with E-state index in [0.29, 0.717) is 30.9 Å². The molecule has 5 heteroatoms. The van der Waals surface area contributed by atoms with E-state index in [1.165, 1.54) is 7.11 Å². The lowest BCUT2D eigenvalue weighted by Gasteiger charge is -2.09. The Bertz CT molecular complexity index is 389. The van der Waals surface area contributed by atoms with E-state index >= 15 is 0 Å². The van der Waals surface area contributed by atoms with Crippen molar-refractivity contribution < 1.29 is 24.1 Å². The van der Waals surface area contributed by atoms with Gasteiger partial charge < -0.3 is 19.3 Å². The van der Waals surface area contributed by atoms with Crippen LogP contribution in [-0.4, -0.2) is 38.5 Å². The Morgan fingerprint density at radius 2 is 2.06 bits per heavy atom. The molecule has 0 unspecified atom stereocenters. The molecule has 0 aliphatic rings. The maximum Gasteiger partial charge on any atom is 0.337 e. The first-order chi connectivity index (χ1) is 8.71. The van der Waals surface area contributed by atoms with Crippen molar-refractivity contribution in [3.05, 3.63) is 29.3 Å².